The first-order valence-corrected chi connectivity index (χ1v) is 10.7. The number of benzene rings is 3. The monoisotopic (exact) mass is 477 g/mol. The van der Waals surface area contributed by atoms with Crippen LogP contribution in [-0.4, -0.2) is 4.98 Å². The first-order valence-electron chi connectivity index (χ1n) is 9.61. The maximum Gasteiger partial charge on any atom is 0.0849 e. The van der Waals surface area contributed by atoms with Crippen LogP contribution in [-0.2, 0) is 5.41 Å². The molecule has 140 valence electrons. The molecule has 1 heterocycles. The third kappa shape index (κ3) is 3.58. The van der Waals surface area contributed by atoms with Crippen LogP contribution in [0.25, 0.3) is 33.3 Å². The molecule has 0 aliphatic heterocycles. The highest BCUT2D eigenvalue weighted by Crippen LogP contribution is 2.39. The standard InChI is InChI=1S/C26H24IN/c1-17-10-12-19(13-11-17)25-24(27)23(18-8-6-5-7-9-18)21-16-20(26(2,3)4)14-15-22(21)28-25/h5-16H,1-4H3. The van der Waals surface area contributed by atoms with Crippen molar-refractivity contribution in [3.8, 4) is 22.4 Å². The average Bonchev–Trinajstić information content (AvgIpc) is 2.68. The van der Waals surface area contributed by atoms with Crippen molar-refractivity contribution in [1.29, 1.82) is 0 Å². The van der Waals surface area contributed by atoms with Crippen molar-refractivity contribution >= 4 is 33.5 Å². The van der Waals surface area contributed by atoms with E-state index in [2.05, 4.69) is 123 Å². The molecule has 0 N–H and O–H groups in total. The Labute approximate surface area is 181 Å². The Morgan fingerprint density at radius 3 is 2.11 bits per heavy atom. The summed E-state index contributed by atoms with van der Waals surface area (Å²) in [5.41, 5.74) is 8.46. The molecule has 0 amide bonds. The highest BCUT2D eigenvalue weighted by molar-refractivity contribution is 14.1. The van der Waals surface area contributed by atoms with Crippen LogP contribution in [0, 0.1) is 10.5 Å². The summed E-state index contributed by atoms with van der Waals surface area (Å²) in [6, 6.07) is 26.0. The Bertz CT molecular complexity index is 1140. The number of aromatic nitrogens is 1. The number of rotatable bonds is 2. The molecule has 0 unspecified atom stereocenters. The van der Waals surface area contributed by atoms with Gasteiger partial charge in [0.1, 0.15) is 0 Å². The van der Waals surface area contributed by atoms with Crippen LogP contribution in [0.1, 0.15) is 31.9 Å². The molecule has 1 nitrogen and oxygen atoms in total. The Morgan fingerprint density at radius 1 is 0.786 bits per heavy atom. The lowest BCUT2D eigenvalue weighted by Gasteiger charge is -2.21. The smallest absolute Gasteiger partial charge is 0.0849 e. The minimum Gasteiger partial charge on any atom is -0.247 e. The molecule has 0 aliphatic rings. The van der Waals surface area contributed by atoms with E-state index in [4.69, 9.17) is 4.98 Å². The van der Waals surface area contributed by atoms with E-state index >= 15 is 0 Å². The molecule has 2 heteroatoms. The molecule has 0 saturated heterocycles. The van der Waals surface area contributed by atoms with Gasteiger partial charge in [0, 0.05) is 20.1 Å². The van der Waals surface area contributed by atoms with Gasteiger partial charge in [-0.1, -0.05) is 87.0 Å². The minimum atomic E-state index is 0.100. The zero-order valence-electron chi connectivity index (χ0n) is 16.8. The lowest BCUT2D eigenvalue weighted by molar-refractivity contribution is 0.591. The molecule has 4 rings (SSSR count). The van der Waals surface area contributed by atoms with Gasteiger partial charge in [0.2, 0.25) is 0 Å². The summed E-state index contributed by atoms with van der Waals surface area (Å²) in [4.78, 5) is 5.08. The van der Waals surface area contributed by atoms with Gasteiger partial charge >= 0.3 is 0 Å². The van der Waals surface area contributed by atoms with Crippen LogP contribution in [0.2, 0.25) is 0 Å². The number of pyridine rings is 1. The van der Waals surface area contributed by atoms with E-state index in [-0.39, 0.29) is 5.41 Å². The molecule has 0 radical (unpaired) electrons. The van der Waals surface area contributed by atoms with Crippen molar-refractivity contribution in [2.24, 2.45) is 0 Å². The molecule has 4 aromatic rings. The summed E-state index contributed by atoms with van der Waals surface area (Å²) in [7, 11) is 0. The Hall–Kier alpha value is -2.20. The summed E-state index contributed by atoms with van der Waals surface area (Å²) < 4.78 is 1.20. The number of hydrogen-bond donors (Lipinski definition) is 0. The fourth-order valence-corrected chi connectivity index (χ4v) is 4.53. The van der Waals surface area contributed by atoms with Gasteiger partial charge in [-0.3, -0.25) is 0 Å². The van der Waals surface area contributed by atoms with Crippen molar-refractivity contribution in [2.45, 2.75) is 33.1 Å². The van der Waals surface area contributed by atoms with Crippen LogP contribution >= 0.6 is 22.6 Å². The third-order valence-corrected chi connectivity index (χ3v) is 6.23. The molecule has 1 aromatic heterocycles. The largest absolute Gasteiger partial charge is 0.247 e. The van der Waals surface area contributed by atoms with Crippen LogP contribution in [0.15, 0.2) is 72.8 Å². The summed E-state index contributed by atoms with van der Waals surface area (Å²) in [6.07, 6.45) is 0. The number of hydrogen-bond acceptors (Lipinski definition) is 1. The van der Waals surface area contributed by atoms with Crippen molar-refractivity contribution in [1.82, 2.24) is 4.98 Å². The van der Waals surface area contributed by atoms with Crippen molar-refractivity contribution < 1.29 is 0 Å². The first kappa shape index (κ1) is 19.1. The summed E-state index contributed by atoms with van der Waals surface area (Å²) in [5.74, 6) is 0. The van der Waals surface area contributed by atoms with Crippen LogP contribution in [0.3, 0.4) is 0 Å². The average molecular weight is 477 g/mol. The predicted octanol–water partition coefficient (Wildman–Crippen LogP) is 7.78. The molecule has 0 spiro atoms. The second-order valence-corrected chi connectivity index (χ2v) is 9.44. The Morgan fingerprint density at radius 2 is 1.46 bits per heavy atom. The van der Waals surface area contributed by atoms with Gasteiger partial charge in [0.15, 0.2) is 0 Å². The molecule has 0 saturated carbocycles. The second-order valence-electron chi connectivity index (χ2n) is 8.36. The fourth-order valence-electron chi connectivity index (χ4n) is 3.50. The Balaban J connectivity index is 2.07. The molecule has 3 aromatic carbocycles. The maximum absolute atomic E-state index is 5.08. The highest BCUT2D eigenvalue weighted by Gasteiger charge is 2.19. The summed E-state index contributed by atoms with van der Waals surface area (Å²) >= 11 is 2.47. The van der Waals surface area contributed by atoms with Gasteiger partial charge in [-0.05, 0) is 58.2 Å². The van der Waals surface area contributed by atoms with Gasteiger partial charge in [-0.15, -0.1) is 0 Å². The lowest BCUT2D eigenvalue weighted by Crippen LogP contribution is -2.11. The van der Waals surface area contributed by atoms with Gasteiger partial charge in [0.05, 0.1) is 11.2 Å². The molecule has 0 atom stereocenters. The molecule has 0 bridgehead atoms. The number of nitrogens with zero attached hydrogens (tertiary/aromatic N) is 1. The van der Waals surface area contributed by atoms with E-state index in [1.807, 2.05) is 0 Å². The quantitative estimate of drug-likeness (QED) is 0.269. The van der Waals surface area contributed by atoms with Crippen molar-refractivity contribution in [3.05, 3.63) is 87.5 Å². The zero-order valence-corrected chi connectivity index (χ0v) is 18.9. The molecular formula is C26H24IN. The number of fused-ring (bicyclic) bond motifs is 1. The SMILES string of the molecule is Cc1ccc(-c2nc3ccc(C(C)(C)C)cc3c(-c3ccccc3)c2I)cc1. The third-order valence-electron chi connectivity index (χ3n) is 5.18. The van der Waals surface area contributed by atoms with E-state index in [1.165, 1.54) is 31.2 Å². The Kier molecular flexibility index (Phi) is 5.00. The minimum absolute atomic E-state index is 0.100. The summed E-state index contributed by atoms with van der Waals surface area (Å²) in [5, 5.41) is 1.22. The molecular weight excluding hydrogens is 453 g/mol. The van der Waals surface area contributed by atoms with Crippen LogP contribution in [0.5, 0.6) is 0 Å². The van der Waals surface area contributed by atoms with Crippen molar-refractivity contribution in [2.75, 3.05) is 0 Å². The predicted molar refractivity (Wildman–Crippen MR) is 129 cm³/mol. The molecule has 0 aliphatic carbocycles. The fraction of sp³-hybridized carbons (Fsp3) is 0.192. The lowest BCUT2D eigenvalue weighted by atomic mass is 9.85. The summed E-state index contributed by atoms with van der Waals surface area (Å²) in [6.45, 7) is 8.90. The van der Waals surface area contributed by atoms with E-state index in [1.54, 1.807) is 0 Å². The van der Waals surface area contributed by atoms with E-state index in [0.29, 0.717) is 0 Å². The van der Waals surface area contributed by atoms with Gasteiger partial charge in [-0.2, -0.15) is 0 Å². The van der Waals surface area contributed by atoms with E-state index in [0.717, 1.165) is 16.8 Å². The maximum atomic E-state index is 5.08. The van der Waals surface area contributed by atoms with Crippen LogP contribution < -0.4 is 0 Å². The van der Waals surface area contributed by atoms with E-state index in [9.17, 15) is 0 Å². The molecule has 28 heavy (non-hydrogen) atoms. The van der Waals surface area contributed by atoms with Crippen LogP contribution in [0.4, 0.5) is 0 Å². The van der Waals surface area contributed by atoms with Crippen molar-refractivity contribution in [3.63, 3.8) is 0 Å². The number of halogens is 1. The van der Waals surface area contributed by atoms with E-state index < -0.39 is 0 Å². The normalized spacial score (nSPS) is 11.8. The highest BCUT2D eigenvalue weighted by atomic mass is 127. The van der Waals surface area contributed by atoms with Gasteiger partial charge in [-0.25, -0.2) is 4.98 Å². The number of aryl methyl sites for hydroxylation is 1. The topological polar surface area (TPSA) is 12.9 Å². The molecule has 0 fully saturated rings. The second kappa shape index (κ2) is 7.32. The first-order chi connectivity index (χ1) is 13.3. The van der Waals surface area contributed by atoms with Gasteiger partial charge in [0.25, 0.3) is 0 Å². The zero-order chi connectivity index (χ0) is 19.9. The van der Waals surface area contributed by atoms with Gasteiger partial charge < -0.3 is 0 Å².